The van der Waals surface area contributed by atoms with E-state index in [4.69, 9.17) is 0 Å². The number of nitrogens with one attached hydrogen (secondary N) is 1. The lowest BCUT2D eigenvalue weighted by Gasteiger charge is -2.31. The van der Waals surface area contributed by atoms with Crippen LogP contribution in [0.15, 0.2) is 18.2 Å². The average molecular weight is 252 g/mol. The van der Waals surface area contributed by atoms with Crippen LogP contribution in [0.3, 0.4) is 0 Å². The molecule has 0 fully saturated rings. The van der Waals surface area contributed by atoms with E-state index in [2.05, 4.69) is 31.1 Å². The molecule has 1 unspecified atom stereocenters. The summed E-state index contributed by atoms with van der Waals surface area (Å²) >= 11 is 0. The maximum atomic E-state index is 14.1. The van der Waals surface area contributed by atoms with Gasteiger partial charge in [0.2, 0.25) is 0 Å². The Bertz CT molecular complexity index is 375. The van der Waals surface area contributed by atoms with Crippen LogP contribution in [0.1, 0.15) is 45.2 Å². The summed E-state index contributed by atoms with van der Waals surface area (Å²) in [5, 5.41) is 3.13. The van der Waals surface area contributed by atoms with Crippen molar-refractivity contribution in [2.24, 2.45) is 0 Å². The monoisotopic (exact) mass is 252 g/mol. The van der Waals surface area contributed by atoms with E-state index in [-0.39, 0.29) is 11.9 Å². The maximum absolute atomic E-state index is 14.1. The second-order valence-electron chi connectivity index (χ2n) is 4.76. The van der Waals surface area contributed by atoms with Crippen LogP contribution in [0.5, 0.6) is 0 Å². The zero-order valence-electron chi connectivity index (χ0n) is 12.1. The van der Waals surface area contributed by atoms with Crippen molar-refractivity contribution in [3.05, 3.63) is 29.6 Å². The number of anilines is 1. The molecule has 0 saturated carbocycles. The number of rotatable bonds is 6. The van der Waals surface area contributed by atoms with Crippen molar-refractivity contribution in [1.29, 1.82) is 0 Å². The molecule has 0 radical (unpaired) electrons. The highest BCUT2D eigenvalue weighted by molar-refractivity contribution is 5.55. The van der Waals surface area contributed by atoms with Crippen molar-refractivity contribution in [2.75, 3.05) is 19.0 Å². The largest absolute Gasteiger partial charge is 0.371 e. The van der Waals surface area contributed by atoms with Crippen LogP contribution in [-0.4, -0.2) is 20.1 Å². The van der Waals surface area contributed by atoms with E-state index in [9.17, 15) is 4.39 Å². The van der Waals surface area contributed by atoms with E-state index in [1.54, 1.807) is 6.07 Å². The Hall–Kier alpha value is -1.09. The van der Waals surface area contributed by atoms with Crippen LogP contribution >= 0.6 is 0 Å². The van der Waals surface area contributed by atoms with E-state index < -0.39 is 0 Å². The topological polar surface area (TPSA) is 15.3 Å². The average Bonchev–Trinajstić information content (AvgIpc) is 2.38. The maximum Gasteiger partial charge on any atom is 0.130 e. The van der Waals surface area contributed by atoms with E-state index in [1.807, 2.05) is 20.0 Å². The van der Waals surface area contributed by atoms with Gasteiger partial charge in [-0.3, -0.25) is 0 Å². The normalized spacial score (nSPS) is 12.8. The van der Waals surface area contributed by atoms with E-state index in [1.165, 1.54) is 6.07 Å². The van der Waals surface area contributed by atoms with Gasteiger partial charge in [-0.15, -0.1) is 0 Å². The Kier molecular flexibility index (Phi) is 5.60. The van der Waals surface area contributed by atoms with Gasteiger partial charge in [0.1, 0.15) is 5.82 Å². The Balaban J connectivity index is 3.18. The third-order valence-corrected chi connectivity index (χ3v) is 3.77. The first-order chi connectivity index (χ1) is 8.56. The highest BCUT2D eigenvalue weighted by Gasteiger charge is 2.20. The van der Waals surface area contributed by atoms with Gasteiger partial charge in [0.15, 0.2) is 0 Å². The Morgan fingerprint density at radius 3 is 2.39 bits per heavy atom. The summed E-state index contributed by atoms with van der Waals surface area (Å²) in [6, 6.07) is 5.79. The van der Waals surface area contributed by atoms with Gasteiger partial charge in [0, 0.05) is 30.4 Å². The first-order valence-corrected chi connectivity index (χ1v) is 6.75. The first kappa shape index (κ1) is 15.0. The van der Waals surface area contributed by atoms with Crippen LogP contribution in [0.4, 0.5) is 10.1 Å². The van der Waals surface area contributed by atoms with Gasteiger partial charge in [0.25, 0.3) is 0 Å². The molecule has 1 N–H and O–H groups in total. The van der Waals surface area contributed by atoms with Crippen molar-refractivity contribution in [3.63, 3.8) is 0 Å². The van der Waals surface area contributed by atoms with Gasteiger partial charge in [-0.25, -0.2) is 4.39 Å². The number of hydrogen-bond donors (Lipinski definition) is 1. The highest BCUT2D eigenvalue weighted by atomic mass is 19.1. The smallest absolute Gasteiger partial charge is 0.130 e. The lowest BCUT2D eigenvalue weighted by Crippen LogP contribution is -2.32. The fraction of sp³-hybridized carbons (Fsp3) is 0.600. The van der Waals surface area contributed by atoms with Crippen LogP contribution in [0.2, 0.25) is 0 Å². The summed E-state index contributed by atoms with van der Waals surface area (Å²) in [4.78, 5) is 2.20. The molecule has 102 valence electrons. The molecular formula is C15H25FN2. The second-order valence-corrected chi connectivity index (χ2v) is 4.76. The Morgan fingerprint density at radius 2 is 1.89 bits per heavy atom. The third kappa shape index (κ3) is 3.02. The Morgan fingerprint density at radius 1 is 1.28 bits per heavy atom. The third-order valence-electron chi connectivity index (χ3n) is 3.77. The Labute approximate surface area is 110 Å². The van der Waals surface area contributed by atoms with Crippen molar-refractivity contribution in [2.45, 2.75) is 45.7 Å². The molecule has 0 spiro atoms. The van der Waals surface area contributed by atoms with Crippen LogP contribution in [0, 0.1) is 5.82 Å². The molecule has 0 aromatic heterocycles. The molecule has 0 amide bonds. The number of nitrogens with zero attached hydrogens (tertiary/aromatic N) is 1. The van der Waals surface area contributed by atoms with Gasteiger partial charge in [-0.1, -0.05) is 19.9 Å². The molecule has 18 heavy (non-hydrogen) atoms. The van der Waals surface area contributed by atoms with Gasteiger partial charge in [0.05, 0.1) is 0 Å². The molecular weight excluding hydrogens is 227 g/mol. The minimum atomic E-state index is -0.132. The molecule has 2 nitrogen and oxygen atoms in total. The molecule has 0 aliphatic carbocycles. The second kappa shape index (κ2) is 6.74. The van der Waals surface area contributed by atoms with E-state index in [0.29, 0.717) is 6.04 Å². The molecule has 1 aromatic carbocycles. The van der Waals surface area contributed by atoms with Crippen LogP contribution in [0.25, 0.3) is 0 Å². The molecule has 3 heteroatoms. The highest BCUT2D eigenvalue weighted by Crippen LogP contribution is 2.30. The molecule has 1 aromatic rings. The predicted molar refractivity (Wildman–Crippen MR) is 76.6 cm³/mol. The van der Waals surface area contributed by atoms with Gasteiger partial charge in [-0.2, -0.15) is 0 Å². The molecule has 0 aliphatic rings. The zero-order valence-corrected chi connectivity index (χ0v) is 12.1. The standard InChI is InChI=1S/C15H25FN2/c1-6-12(7-2)18(5)14-10-8-9-13(16)15(14)11(3)17-4/h8-12,17H,6-7H2,1-5H3. The molecule has 0 saturated heterocycles. The first-order valence-electron chi connectivity index (χ1n) is 6.75. The molecule has 1 rings (SSSR count). The van der Waals surface area contributed by atoms with Crippen molar-refractivity contribution in [1.82, 2.24) is 5.32 Å². The van der Waals surface area contributed by atoms with Crippen molar-refractivity contribution >= 4 is 5.69 Å². The van der Waals surface area contributed by atoms with Crippen molar-refractivity contribution in [3.8, 4) is 0 Å². The summed E-state index contributed by atoms with van der Waals surface area (Å²) in [6.07, 6.45) is 2.13. The van der Waals surface area contributed by atoms with Crippen molar-refractivity contribution < 1.29 is 4.39 Å². The summed E-state index contributed by atoms with van der Waals surface area (Å²) < 4.78 is 14.1. The molecule has 0 heterocycles. The summed E-state index contributed by atoms with van der Waals surface area (Å²) in [5.74, 6) is -0.132. The molecule has 0 bridgehead atoms. The molecule has 0 aliphatic heterocycles. The fourth-order valence-electron chi connectivity index (χ4n) is 2.44. The van der Waals surface area contributed by atoms with E-state index >= 15 is 0 Å². The lowest BCUT2D eigenvalue weighted by atomic mass is 10.0. The quantitative estimate of drug-likeness (QED) is 0.830. The number of hydrogen-bond acceptors (Lipinski definition) is 2. The van der Waals surface area contributed by atoms with E-state index in [0.717, 1.165) is 24.1 Å². The fourth-order valence-corrected chi connectivity index (χ4v) is 2.44. The minimum absolute atomic E-state index is 0.0120. The summed E-state index contributed by atoms with van der Waals surface area (Å²) in [7, 11) is 3.91. The van der Waals surface area contributed by atoms with Gasteiger partial charge in [-0.05, 0) is 38.9 Å². The molecule has 1 atom stereocenters. The zero-order chi connectivity index (χ0) is 13.7. The van der Waals surface area contributed by atoms with Crippen LogP contribution < -0.4 is 10.2 Å². The number of benzene rings is 1. The van der Waals surface area contributed by atoms with Gasteiger partial charge < -0.3 is 10.2 Å². The number of halogens is 1. The lowest BCUT2D eigenvalue weighted by molar-refractivity contribution is 0.548. The predicted octanol–water partition coefficient (Wildman–Crippen LogP) is 3.73. The minimum Gasteiger partial charge on any atom is -0.371 e. The van der Waals surface area contributed by atoms with Crippen LogP contribution in [-0.2, 0) is 0 Å². The SMILES string of the molecule is CCC(CC)N(C)c1cccc(F)c1C(C)NC. The summed E-state index contributed by atoms with van der Waals surface area (Å²) in [5.41, 5.74) is 1.75. The van der Waals surface area contributed by atoms with Gasteiger partial charge >= 0.3 is 0 Å². The summed E-state index contributed by atoms with van der Waals surface area (Å²) in [6.45, 7) is 6.33.